The number of likely N-dealkylation sites (tertiary alicyclic amines) is 1. The molecule has 0 aliphatic carbocycles. The van der Waals surface area contributed by atoms with Crippen molar-refractivity contribution in [1.29, 1.82) is 0 Å². The Kier molecular flexibility index (Phi) is 5.22. The number of fused-ring (bicyclic) bond motifs is 1. The van der Waals surface area contributed by atoms with Gasteiger partial charge >= 0.3 is 0 Å². The third kappa shape index (κ3) is 3.62. The lowest BCUT2D eigenvalue weighted by molar-refractivity contribution is -0.123. The number of ketones is 1. The minimum atomic E-state index is -0.207. The normalized spacial score (nSPS) is 20.0. The van der Waals surface area contributed by atoms with Gasteiger partial charge in [-0.1, -0.05) is 35.3 Å². The molecule has 27 heavy (non-hydrogen) atoms. The van der Waals surface area contributed by atoms with E-state index in [0.717, 1.165) is 30.6 Å². The van der Waals surface area contributed by atoms with Crippen LogP contribution in [0.25, 0.3) is 0 Å². The first kappa shape index (κ1) is 18.5. The quantitative estimate of drug-likeness (QED) is 0.754. The molecule has 0 saturated carbocycles. The average molecular weight is 403 g/mol. The molecule has 0 N–H and O–H groups in total. The zero-order valence-corrected chi connectivity index (χ0v) is 16.3. The van der Waals surface area contributed by atoms with Crippen molar-refractivity contribution in [3.05, 3.63) is 63.6 Å². The van der Waals surface area contributed by atoms with Crippen molar-refractivity contribution in [2.24, 2.45) is 0 Å². The van der Waals surface area contributed by atoms with E-state index in [9.17, 15) is 9.59 Å². The van der Waals surface area contributed by atoms with Crippen LogP contribution in [-0.4, -0.2) is 35.7 Å². The smallest absolute Gasteiger partial charge is 0.244 e. The Labute approximate surface area is 168 Å². The van der Waals surface area contributed by atoms with Crippen LogP contribution in [0.15, 0.2) is 42.5 Å². The zero-order chi connectivity index (χ0) is 19.0. The number of anilines is 1. The van der Waals surface area contributed by atoms with Crippen LogP contribution in [0.5, 0.6) is 0 Å². The summed E-state index contributed by atoms with van der Waals surface area (Å²) in [4.78, 5) is 29.5. The fourth-order valence-electron chi connectivity index (χ4n) is 4.00. The van der Waals surface area contributed by atoms with E-state index in [-0.39, 0.29) is 17.7 Å². The van der Waals surface area contributed by atoms with Crippen LogP contribution in [0.1, 0.15) is 35.2 Å². The molecule has 1 saturated heterocycles. The number of para-hydroxylation sites is 1. The molecular formula is C21H20Cl2N2O2. The minimum absolute atomic E-state index is 0.0607. The second-order valence-corrected chi connectivity index (χ2v) is 7.89. The molecule has 1 fully saturated rings. The molecule has 4 rings (SSSR count). The van der Waals surface area contributed by atoms with Crippen LogP contribution in [0.3, 0.4) is 0 Å². The summed E-state index contributed by atoms with van der Waals surface area (Å²) in [5.41, 5.74) is 2.30. The molecule has 2 aliphatic heterocycles. The predicted octanol–water partition coefficient (Wildman–Crippen LogP) is 4.58. The number of amides is 1. The summed E-state index contributed by atoms with van der Waals surface area (Å²) < 4.78 is 0. The molecule has 6 heteroatoms. The largest absolute Gasteiger partial charge is 0.310 e. The van der Waals surface area contributed by atoms with E-state index in [4.69, 9.17) is 23.2 Å². The molecule has 0 radical (unpaired) electrons. The molecule has 2 aliphatic rings. The first-order valence-electron chi connectivity index (χ1n) is 9.16. The van der Waals surface area contributed by atoms with E-state index in [0.29, 0.717) is 35.1 Å². The maximum atomic E-state index is 13.3. The van der Waals surface area contributed by atoms with E-state index >= 15 is 0 Å². The number of carbonyl (C=O) groups excluding carboxylic acids is 2. The Balaban J connectivity index is 1.57. The lowest BCUT2D eigenvalue weighted by Crippen LogP contribution is -2.48. The molecule has 0 aromatic heterocycles. The fourth-order valence-corrected chi connectivity index (χ4v) is 4.37. The lowest BCUT2D eigenvalue weighted by atomic mass is 9.99. The first-order valence-corrected chi connectivity index (χ1v) is 9.92. The molecule has 140 valence electrons. The van der Waals surface area contributed by atoms with Crippen molar-refractivity contribution in [2.45, 2.75) is 31.8 Å². The molecule has 1 atom stereocenters. The fraction of sp³-hybridized carbons (Fsp3) is 0.333. The van der Waals surface area contributed by atoms with Gasteiger partial charge in [0, 0.05) is 35.1 Å². The molecule has 2 aromatic rings. The van der Waals surface area contributed by atoms with Gasteiger partial charge in [-0.05, 0) is 55.3 Å². The average Bonchev–Trinajstić information content (AvgIpc) is 3.13. The van der Waals surface area contributed by atoms with Crippen molar-refractivity contribution in [3.63, 3.8) is 0 Å². The summed E-state index contributed by atoms with van der Waals surface area (Å²) in [7, 11) is 0. The van der Waals surface area contributed by atoms with Crippen molar-refractivity contribution < 1.29 is 9.59 Å². The minimum Gasteiger partial charge on any atom is -0.310 e. The summed E-state index contributed by atoms with van der Waals surface area (Å²) in [6, 6.07) is 12.6. The highest BCUT2D eigenvalue weighted by Gasteiger charge is 2.37. The Bertz CT molecular complexity index is 900. The second-order valence-electron chi connectivity index (χ2n) is 7.04. The summed E-state index contributed by atoms with van der Waals surface area (Å²) in [5.74, 6) is 0.161. The van der Waals surface area contributed by atoms with Gasteiger partial charge in [0.1, 0.15) is 0 Å². The van der Waals surface area contributed by atoms with E-state index in [1.807, 2.05) is 24.3 Å². The number of hydrogen-bond acceptors (Lipinski definition) is 3. The zero-order valence-electron chi connectivity index (χ0n) is 14.8. The van der Waals surface area contributed by atoms with Crippen molar-refractivity contribution in [3.8, 4) is 0 Å². The molecule has 0 spiro atoms. The number of rotatable bonds is 3. The maximum Gasteiger partial charge on any atom is 0.244 e. The van der Waals surface area contributed by atoms with Gasteiger partial charge in [0.25, 0.3) is 0 Å². The van der Waals surface area contributed by atoms with Crippen molar-refractivity contribution >= 4 is 40.6 Å². The first-order chi connectivity index (χ1) is 13.0. The molecule has 2 aromatic carbocycles. The van der Waals surface area contributed by atoms with Crippen LogP contribution in [0.2, 0.25) is 10.0 Å². The van der Waals surface area contributed by atoms with Gasteiger partial charge in [0.2, 0.25) is 5.91 Å². The van der Waals surface area contributed by atoms with Gasteiger partial charge in [0.15, 0.2) is 5.78 Å². The Morgan fingerprint density at radius 3 is 2.78 bits per heavy atom. The van der Waals surface area contributed by atoms with E-state index in [1.54, 1.807) is 23.1 Å². The molecule has 1 amide bonds. The van der Waals surface area contributed by atoms with E-state index in [2.05, 4.69) is 4.90 Å². The Morgan fingerprint density at radius 2 is 1.93 bits per heavy atom. The monoisotopic (exact) mass is 402 g/mol. The van der Waals surface area contributed by atoms with Gasteiger partial charge in [-0.25, -0.2) is 0 Å². The molecule has 0 unspecified atom stereocenters. The van der Waals surface area contributed by atoms with Gasteiger partial charge in [-0.3, -0.25) is 14.5 Å². The van der Waals surface area contributed by atoms with Crippen LogP contribution in [0.4, 0.5) is 5.69 Å². The lowest BCUT2D eigenvalue weighted by Gasteiger charge is -2.33. The number of hydrogen-bond donors (Lipinski definition) is 0. The van der Waals surface area contributed by atoms with Gasteiger partial charge in [-0.15, -0.1) is 0 Å². The number of nitrogens with zero attached hydrogens (tertiary/aromatic N) is 2. The molecular weight excluding hydrogens is 383 g/mol. The topological polar surface area (TPSA) is 40.6 Å². The predicted molar refractivity (Wildman–Crippen MR) is 108 cm³/mol. The van der Waals surface area contributed by atoms with Gasteiger partial charge < -0.3 is 4.90 Å². The van der Waals surface area contributed by atoms with Crippen molar-refractivity contribution in [1.82, 2.24) is 4.90 Å². The third-order valence-electron chi connectivity index (χ3n) is 5.35. The third-order valence-corrected chi connectivity index (χ3v) is 5.96. The van der Waals surface area contributed by atoms with Gasteiger partial charge in [0.05, 0.1) is 11.7 Å². The standard InChI is InChI=1S/C21H20Cl2N2O2/c22-15-7-8-17(23)14(12-15)13-24-10-3-6-19(24)21(27)25-11-9-20(26)16-4-1-2-5-18(16)25/h1-2,4-5,7-8,12,19H,3,6,9-11,13H2/t19-/m0/s1. The summed E-state index contributed by atoms with van der Waals surface area (Å²) >= 11 is 12.4. The maximum absolute atomic E-state index is 13.3. The van der Waals surface area contributed by atoms with Crippen LogP contribution >= 0.6 is 23.2 Å². The summed E-state index contributed by atoms with van der Waals surface area (Å²) in [5, 5.41) is 1.30. The highest BCUT2D eigenvalue weighted by molar-refractivity contribution is 6.33. The van der Waals surface area contributed by atoms with E-state index in [1.165, 1.54) is 0 Å². The summed E-state index contributed by atoms with van der Waals surface area (Å²) in [6.07, 6.45) is 2.14. The van der Waals surface area contributed by atoms with E-state index < -0.39 is 0 Å². The molecule has 0 bridgehead atoms. The van der Waals surface area contributed by atoms with Crippen LogP contribution in [-0.2, 0) is 11.3 Å². The number of benzene rings is 2. The second kappa shape index (κ2) is 7.63. The number of Topliss-reactive ketones (excluding diaryl/α,β-unsaturated/α-hetero) is 1. The van der Waals surface area contributed by atoms with Crippen molar-refractivity contribution in [2.75, 3.05) is 18.0 Å². The summed E-state index contributed by atoms with van der Waals surface area (Å²) in [6.45, 7) is 1.87. The van der Waals surface area contributed by atoms with Gasteiger partial charge in [-0.2, -0.15) is 0 Å². The van der Waals surface area contributed by atoms with Crippen LogP contribution in [0, 0.1) is 0 Å². The van der Waals surface area contributed by atoms with Crippen LogP contribution < -0.4 is 4.90 Å². The molecule has 2 heterocycles. The highest BCUT2D eigenvalue weighted by atomic mass is 35.5. The number of carbonyl (C=O) groups is 2. The SMILES string of the molecule is O=C1CCN(C(=O)[C@@H]2CCCN2Cc2cc(Cl)ccc2Cl)c2ccccc21. The Morgan fingerprint density at radius 1 is 1.11 bits per heavy atom. The number of halogens is 2. The highest BCUT2D eigenvalue weighted by Crippen LogP contribution is 2.31. The Hall–Kier alpha value is -1.88. The molecule has 4 nitrogen and oxygen atoms in total.